The second-order valence-corrected chi connectivity index (χ2v) is 5.14. The van der Waals surface area contributed by atoms with Crippen LogP contribution in [-0.2, 0) is 0 Å². The van der Waals surface area contributed by atoms with Crippen molar-refractivity contribution in [2.45, 2.75) is 13.8 Å². The summed E-state index contributed by atoms with van der Waals surface area (Å²) in [7, 11) is 1.99. The zero-order valence-corrected chi connectivity index (χ0v) is 12.9. The van der Waals surface area contributed by atoms with E-state index in [1.54, 1.807) is 6.20 Å². The Balaban J connectivity index is 2.34. The summed E-state index contributed by atoms with van der Waals surface area (Å²) in [6.45, 7) is 4.90. The molecule has 0 atom stereocenters. The Bertz CT molecular complexity index is 554. The zero-order valence-electron chi connectivity index (χ0n) is 11.3. The number of anilines is 3. The lowest BCUT2D eigenvalue weighted by molar-refractivity contribution is 1.04. The molecule has 19 heavy (non-hydrogen) atoms. The Labute approximate surface area is 122 Å². The highest BCUT2D eigenvalue weighted by molar-refractivity contribution is 9.10. The molecule has 0 unspecified atom stereocenters. The van der Waals surface area contributed by atoms with Crippen LogP contribution in [0.3, 0.4) is 0 Å². The summed E-state index contributed by atoms with van der Waals surface area (Å²) in [4.78, 5) is 10.8. The van der Waals surface area contributed by atoms with Crippen LogP contribution in [-0.4, -0.2) is 23.6 Å². The standard InChI is InChI=1S/C14H17BrN4/c1-4-16-14-17-9-12(15)13(18-14)19(3)11-7-5-10(2)6-8-11/h5-9H,4H2,1-3H3,(H,16,17,18). The van der Waals surface area contributed by atoms with E-state index >= 15 is 0 Å². The number of nitrogens with zero attached hydrogens (tertiary/aromatic N) is 3. The number of hydrogen-bond acceptors (Lipinski definition) is 4. The molecular weight excluding hydrogens is 304 g/mol. The maximum absolute atomic E-state index is 4.52. The average molecular weight is 321 g/mol. The van der Waals surface area contributed by atoms with Crippen molar-refractivity contribution >= 4 is 33.4 Å². The molecule has 4 nitrogen and oxygen atoms in total. The van der Waals surface area contributed by atoms with Crippen molar-refractivity contribution < 1.29 is 0 Å². The first kappa shape index (κ1) is 13.8. The van der Waals surface area contributed by atoms with Gasteiger partial charge in [0.2, 0.25) is 5.95 Å². The lowest BCUT2D eigenvalue weighted by atomic mass is 10.2. The van der Waals surface area contributed by atoms with Crippen LogP contribution < -0.4 is 10.2 Å². The van der Waals surface area contributed by atoms with Crippen LogP contribution in [0.15, 0.2) is 34.9 Å². The number of benzene rings is 1. The van der Waals surface area contributed by atoms with Gasteiger partial charge in [-0.3, -0.25) is 0 Å². The van der Waals surface area contributed by atoms with Gasteiger partial charge in [0, 0.05) is 25.5 Å². The monoisotopic (exact) mass is 320 g/mol. The molecule has 0 aliphatic carbocycles. The molecule has 0 saturated carbocycles. The molecule has 1 aromatic carbocycles. The number of aromatic nitrogens is 2. The lowest BCUT2D eigenvalue weighted by Gasteiger charge is -2.20. The predicted molar refractivity (Wildman–Crippen MR) is 83.1 cm³/mol. The third-order valence-electron chi connectivity index (χ3n) is 2.80. The minimum absolute atomic E-state index is 0.639. The first-order valence-corrected chi connectivity index (χ1v) is 6.98. The van der Waals surface area contributed by atoms with Gasteiger partial charge in [-0.1, -0.05) is 17.7 Å². The van der Waals surface area contributed by atoms with Crippen LogP contribution in [0.25, 0.3) is 0 Å². The number of hydrogen-bond donors (Lipinski definition) is 1. The van der Waals surface area contributed by atoms with Crippen molar-refractivity contribution in [3.63, 3.8) is 0 Å². The summed E-state index contributed by atoms with van der Waals surface area (Å²) in [5.41, 5.74) is 2.33. The first-order chi connectivity index (χ1) is 9.11. The van der Waals surface area contributed by atoms with Gasteiger partial charge in [0.1, 0.15) is 0 Å². The molecule has 1 aromatic heterocycles. The molecule has 0 spiro atoms. The first-order valence-electron chi connectivity index (χ1n) is 6.18. The average Bonchev–Trinajstić information content (AvgIpc) is 2.41. The van der Waals surface area contributed by atoms with Gasteiger partial charge in [-0.2, -0.15) is 4.98 Å². The normalized spacial score (nSPS) is 10.3. The Morgan fingerprint density at radius 1 is 1.26 bits per heavy atom. The highest BCUT2D eigenvalue weighted by Gasteiger charge is 2.11. The van der Waals surface area contributed by atoms with Gasteiger partial charge in [-0.25, -0.2) is 4.98 Å². The van der Waals surface area contributed by atoms with Crippen molar-refractivity contribution in [1.82, 2.24) is 9.97 Å². The summed E-state index contributed by atoms with van der Waals surface area (Å²) in [5, 5.41) is 3.12. The minimum Gasteiger partial charge on any atom is -0.354 e. The molecule has 100 valence electrons. The number of aryl methyl sites for hydroxylation is 1. The summed E-state index contributed by atoms with van der Waals surface area (Å²) < 4.78 is 0.872. The molecule has 1 heterocycles. The summed E-state index contributed by atoms with van der Waals surface area (Å²) in [6.07, 6.45) is 1.77. The van der Waals surface area contributed by atoms with E-state index in [4.69, 9.17) is 0 Å². The van der Waals surface area contributed by atoms with Crippen LogP contribution >= 0.6 is 15.9 Å². The van der Waals surface area contributed by atoms with E-state index in [2.05, 4.69) is 62.4 Å². The van der Waals surface area contributed by atoms with Gasteiger partial charge in [-0.15, -0.1) is 0 Å². The second kappa shape index (κ2) is 6.02. The highest BCUT2D eigenvalue weighted by Crippen LogP contribution is 2.29. The Kier molecular flexibility index (Phi) is 4.37. The topological polar surface area (TPSA) is 41.1 Å². The van der Waals surface area contributed by atoms with Crippen molar-refractivity contribution in [3.05, 3.63) is 40.5 Å². The minimum atomic E-state index is 0.639. The van der Waals surface area contributed by atoms with Gasteiger partial charge >= 0.3 is 0 Å². The fourth-order valence-corrected chi connectivity index (χ4v) is 2.18. The quantitative estimate of drug-likeness (QED) is 0.931. The molecule has 0 amide bonds. The van der Waals surface area contributed by atoms with Crippen LogP contribution in [0.1, 0.15) is 12.5 Å². The van der Waals surface area contributed by atoms with Crippen molar-refractivity contribution in [3.8, 4) is 0 Å². The SMILES string of the molecule is CCNc1ncc(Br)c(N(C)c2ccc(C)cc2)n1. The van der Waals surface area contributed by atoms with Crippen LogP contribution in [0.4, 0.5) is 17.5 Å². The van der Waals surface area contributed by atoms with Crippen LogP contribution in [0, 0.1) is 6.92 Å². The third-order valence-corrected chi connectivity index (χ3v) is 3.36. The molecular formula is C14H17BrN4. The van der Waals surface area contributed by atoms with Crippen molar-refractivity contribution in [2.75, 3.05) is 23.8 Å². The van der Waals surface area contributed by atoms with Gasteiger partial charge in [0.15, 0.2) is 5.82 Å². The highest BCUT2D eigenvalue weighted by atomic mass is 79.9. The molecule has 2 aromatic rings. The molecule has 5 heteroatoms. The van der Waals surface area contributed by atoms with Crippen LogP contribution in [0.5, 0.6) is 0 Å². The second-order valence-electron chi connectivity index (χ2n) is 4.29. The van der Waals surface area contributed by atoms with Gasteiger partial charge in [0.05, 0.1) is 4.47 Å². The van der Waals surface area contributed by atoms with Gasteiger partial charge in [-0.05, 0) is 41.9 Å². The van der Waals surface area contributed by atoms with E-state index in [1.807, 2.05) is 18.9 Å². The van der Waals surface area contributed by atoms with Crippen molar-refractivity contribution in [1.29, 1.82) is 0 Å². The maximum atomic E-state index is 4.52. The van der Waals surface area contributed by atoms with E-state index in [-0.39, 0.29) is 0 Å². The Morgan fingerprint density at radius 3 is 2.58 bits per heavy atom. The maximum Gasteiger partial charge on any atom is 0.224 e. The molecule has 0 radical (unpaired) electrons. The summed E-state index contributed by atoms with van der Waals surface area (Å²) >= 11 is 3.50. The molecule has 0 aliphatic rings. The molecule has 1 N–H and O–H groups in total. The van der Waals surface area contributed by atoms with Crippen molar-refractivity contribution in [2.24, 2.45) is 0 Å². The predicted octanol–water partition coefficient (Wildman–Crippen LogP) is 3.75. The number of rotatable bonds is 4. The van der Waals surface area contributed by atoms with E-state index in [9.17, 15) is 0 Å². The van der Waals surface area contributed by atoms with Crippen LogP contribution in [0.2, 0.25) is 0 Å². The van der Waals surface area contributed by atoms with E-state index in [0.29, 0.717) is 5.95 Å². The van der Waals surface area contributed by atoms with E-state index in [0.717, 1.165) is 22.5 Å². The molecule has 0 aliphatic heterocycles. The fourth-order valence-electron chi connectivity index (χ4n) is 1.73. The smallest absolute Gasteiger partial charge is 0.224 e. The lowest BCUT2D eigenvalue weighted by Crippen LogP contribution is -2.14. The summed E-state index contributed by atoms with van der Waals surface area (Å²) in [5.74, 6) is 1.48. The van der Waals surface area contributed by atoms with Gasteiger partial charge < -0.3 is 10.2 Å². The number of halogens is 1. The van der Waals surface area contributed by atoms with Gasteiger partial charge in [0.25, 0.3) is 0 Å². The zero-order chi connectivity index (χ0) is 13.8. The third kappa shape index (κ3) is 3.23. The fraction of sp³-hybridized carbons (Fsp3) is 0.286. The van der Waals surface area contributed by atoms with E-state index < -0.39 is 0 Å². The molecule has 0 bridgehead atoms. The summed E-state index contributed by atoms with van der Waals surface area (Å²) in [6, 6.07) is 8.34. The molecule has 2 rings (SSSR count). The van der Waals surface area contributed by atoms with E-state index in [1.165, 1.54) is 5.56 Å². The molecule has 0 fully saturated rings. The Hall–Kier alpha value is -1.62. The molecule has 0 saturated heterocycles. The Morgan fingerprint density at radius 2 is 1.95 bits per heavy atom. The number of nitrogens with one attached hydrogen (secondary N) is 1. The largest absolute Gasteiger partial charge is 0.354 e.